The van der Waals surface area contributed by atoms with Crippen LogP contribution in [0, 0.1) is 5.92 Å². The smallest absolute Gasteiger partial charge is 0.335 e. The number of rotatable bonds is 3. The predicted octanol–water partition coefficient (Wildman–Crippen LogP) is 2.03. The molecule has 2 aliphatic rings. The fraction of sp³-hybridized carbons (Fsp3) is 0.143. The van der Waals surface area contributed by atoms with Crippen LogP contribution in [-0.2, 0) is 14.3 Å². The van der Waals surface area contributed by atoms with Crippen molar-refractivity contribution in [3.63, 3.8) is 0 Å². The molecule has 99 valence electrons. The summed E-state index contributed by atoms with van der Waals surface area (Å²) in [7, 11) is 2.95. The summed E-state index contributed by atoms with van der Waals surface area (Å²) >= 11 is 0. The van der Waals surface area contributed by atoms with E-state index in [1.807, 2.05) is 0 Å². The lowest BCUT2D eigenvalue weighted by molar-refractivity contribution is -0.132. The Labute approximate surface area is 110 Å². The number of aliphatic hydroxyl groups is 1. The highest BCUT2D eigenvalue weighted by Gasteiger charge is 2.33. The number of aliphatic hydroxyl groups excluding tert-OH is 1. The van der Waals surface area contributed by atoms with E-state index < -0.39 is 5.97 Å². The summed E-state index contributed by atoms with van der Waals surface area (Å²) < 4.78 is 10.4. The molecule has 0 saturated heterocycles. The van der Waals surface area contributed by atoms with Crippen molar-refractivity contribution in [1.82, 2.24) is 0 Å². The minimum Gasteiger partial charge on any atom is -0.508 e. The quantitative estimate of drug-likeness (QED) is 0.813. The van der Waals surface area contributed by atoms with Gasteiger partial charge in [0.2, 0.25) is 0 Å². The largest absolute Gasteiger partial charge is 0.508 e. The highest BCUT2D eigenvalue weighted by atomic mass is 16.5. The molecule has 0 heterocycles. The van der Waals surface area contributed by atoms with Gasteiger partial charge < -0.3 is 19.7 Å². The van der Waals surface area contributed by atoms with Gasteiger partial charge in [-0.05, 0) is 12.2 Å². The Bertz CT molecular complexity index is 575. The van der Waals surface area contributed by atoms with E-state index in [9.17, 15) is 9.90 Å². The van der Waals surface area contributed by atoms with Gasteiger partial charge in [-0.3, -0.25) is 0 Å². The standard InChI is InChI=1S/C14H13O5/c1-7-9-4-8(14(16)17)5-11(15)10(9)6-12(18-2)13(7)19-3/h4-6,15H,1H2,2-3H3,(H,16,17). The van der Waals surface area contributed by atoms with E-state index in [2.05, 4.69) is 6.58 Å². The summed E-state index contributed by atoms with van der Waals surface area (Å²) in [6, 6.07) is 0. The van der Waals surface area contributed by atoms with E-state index in [1.165, 1.54) is 26.4 Å². The third kappa shape index (κ3) is 2.03. The van der Waals surface area contributed by atoms with Gasteiger partial charge in [-0.1, -0.05) is 12.7 Å². The number of allylic oxidation sites excluding steroid dienone is 4. The Kier molecular flexibility index (Phi) is 3.21. The van der Waals surface area contributed by atoms with Gasteiger partial charge in [-0.25, -0.2) is 4.79 Å². The van der Waals surface area contributed by atoms with Gasteiger partial charge in [-0.15, -0.1) is 0 Å². The summed E-state index contributed by atoms with van der Waals surface area (Å²) in [5.41, 5.74) is 0.921. The van der Waals surface area contributed by atoms with Crippen molar-refractivity contribution < 1.29 is 24.5 Å². The van der Waals surface area contributed by atoms with Crippen molar-refractivity contribution in [2.75, 3.05) is 14.2 Å². The number of carbonyl (C=O) groups is 1. The highest BCUT2D eigenvalue weighted by Crippen LogP contribution is 2.42. The van der Waals surface area contributed by atoms with Gasteiger partial charge in [0.05, 0.1) is 25.7 Å². The van der Waals surface area contributed by atoms with Crippen LogP contribution >= 0.6 is 0 Å². The van der Waals surface area contributed by atoms with Gasteiger partial charge >= 0.3 is 5.97 Å². The second-order valence-corrected chi connectivity index (χ2v) is 3.99. The van der Waals surface area contributed by atoms with E-state index in [-0.39, 0.29) is 11.3 Å². The molecular formula is C14H13O5. The molecule has 0 unspecified atom stereocenters. The van der Waals surface area contributed by atoms with Gasteiger partial charge in [0.1, 0.15) is 5.76 Å². The van der Waals surface area contributed by atoms with Gasteiger partial charge in [0, 0.05) is 11.1 Å². The Morgan fingerprint density at radius 2 is 1.89 bits per heavy atom. The van der Waals surface area contributed by atoms with Crippen LogP contribution in [-0.4, -0.2) is 30.4 Å². The summed E-state index contributed by atoms with van der Waals surface area (Å²) in [5.74, 6) is 0.0949. The highest BCUT2D eigenvalue weighted by molar-refractivity contribution is 5.93. The Morgan fingerprint density at radius 1 is 1.21 bits per heavy atom. The average Bonchev–Trinajstić information content (AvgIpc) is 2.38. The molecule has 0 amide bonds. The van der Waals surface area contributed by atoms with E-state index >= 15 is 0 Å². The molecule has 2 rings (SSSR count). The Hall–Kier alpha value is -2.43. The summed E-state index contributed by atoms with van der Waals surface area (Å²) in [5, 5.41) is 18.9. The van der Waals surface area contributed by atoms with Crippen molar-refractivity contribution in [2.24, 2.45) is 0 Å². The molecule has 5 nitrogen and oxygen atoms in total. The minimum atomic E-state index is -1.12. The molecule has 0 bridgehead atoms. The molecule has 0 aromatic rings. The number of fused-ring (bicyclic) bond motifs is 1. The number of aliphatic carboxylic acids is 1. The van der Waals surface area contributed by atoms with Crippen molar-refractivity contribution >= 4 is 5.97 Å². The normalized spacial score (nSPS) is 19.3. The molecule has 0 aliphatic heterocycles. The van der Waals surface area contributed by atoms with Gasteiger partial charge in [0.15, 0.2) is 11.5 Å². The fourth-order valence-corrected chi connectivity index (χ4v) is 2.01. The van der Waals surface area contributed by atoms with Crippen LogP contribution in [0.4, 0.5) is 0 Å². The molecule has 2 aliphatic carbocycles. The van der Waals surface area contributed by atoms with Crippen LogP contribution in [0.25, 0.3) is 0 Å². The third-order valence-corrected chi connectivity index (χ3v) is 2.93. The van der Waals surface area contributed by atoms with Crippen molar-refractivity contribution in [2.45, 2.75) is 0 Å². The van der Waals surface area contributed by atoms with Crippen LogP contribution in [0.3, 0.4) is 0 Å². The lowest BCUT2D eigenvalue weighted by Gasteiger charge is -2.28. The summed E-state index contributed by atoms with van der Waals surface area (Å²) in [4.78, 5) is 11.0. The molecule has 0 aromatic heterocycles. The first kappa shape index (κ1) is 13.0. The maximum Gasteiger partial charge on any atom is 0.335 e. The first-order valence-electron chi connectivity index (χ1n) is 5.46. The van der Waals surface area contributed by atoms with Crippen LogP contribution in [0.15, 0.2) is 58.8 Å². The molecule has 5 heteroatoms. The molecule has 1 radical (unpaired) electrons. The minimum absolute atomic E-state index is 0.0119. The molecule has 0 saturated carbocycles. The van der Waals surface area contributed by atoms with E-state index in [0.717, 1.165) is 0 Å². The van der Waals surface area contributed by atoms with Crippen LogP contribution < -0.4 is 0 Å². The zero-order valence-electron chi connectivity index (χ0n) is 10.6. The number of ether oxygens (including phenoxy) is 2. The lowest BCUT2D eigenvalue weighted by Crippen LogP contribution is -2.19. The van der Waals surface area contributed by atoms with Crippen LogP contribution in [0.5, 0.6) is 0 Å². The number of hydrogen-bond donors (Lipinski definition) is 2. The van der Waals surface area contributed by atoms with Crippen molar-refractivity contribution in [1.29, 1.82) is 0 Å². The van der Waals surface area contributed by atoms with Crippen LogP contribution in [0.2, 0.25) is 0 Å². The molecule has 0 spiro atoms. The molecule has 0 atom stereocenters. The number of carboxylic acids is 1. The molecule has 0 aromatic carbocycles. The van der Waals surface area contributed by atoms with E-state index in [4.69, 9.17) is 14.6 Å². The first-order valence-corrected chi connectivity index (χ1v) is 5.46. The fourth-order valence-electron chi connectivity index (χ4n) is 2.01. The van der Waals surface area contributed by atoms with Gasteiger partial charge in [-0.2, -0.15) is 0 Å². The Balaban J connectivity index is 2.55. The second-order valence-electron chi connectivity index (χ2n) is 3.99. The first-order chi connectivity index (χ1) is 8.99. The molecule has 2 N–H and O–H groups in total. The zero-order chi connectivity index (χ0) is 14.2. The Morgan fingerprint density at radius 3 is 2.42 bits per heavy atom. The zero-order valence-corrected chi connectivity index (χ0v) is 10.6. The van der Waals surface area contributed by atoms with Crippen LogP contribution in [0.1, 0.15) is 0 Å². The topological polar surface area (TPSA) is 76.0 Å². The number of hydrogen-bond acceptors (Lipinski definition) is 4. The van der Waals surface area contributed by atoms with Crippen molar-refractivity contribution in [3.8, 4) is 0 Å². The maximum absolute atomic E-state index is 11.0. The third-order valence-electron chi connectivity index (χ3n) is 2.93. The van der Waals surface area contributed by atoms with Gasteiger partial charge in [0.25, 0.3) is 0 Å². The monoisotopic (exact) mass is 261 g/mol. The predicted molar refractivity (Wildman–Crippen MR) is 67.9 cm³/mol. The maximum atomic E-state index is 11.0. The average molecular weight is 261 g/mol. The van der Waals surface area contributed by atoms with E-state index in [0.29, 0.717) is 28.6 Å². The van der Waals surface area contributed by atoms with E-state index in [1.54, 1.807) is 6.08 Å². The lowest BCUT2D eigenvalue weighted by atomic mass is 9.80. The second kappa shape index (κ2) is 4.68. The summed E-state index contributed by atoms with van der Waals surface area (Å²) in [6.07, 6.45) is 4.22. The van der Waals surface area contributed by atoms with Crippen molar-refractivity contribution in [3.05, 3.63) is 64.7 Å². The summed E-state index contributed by atoms with van der Waals surface area (Å²) in [6.45, 7) is 3.86. The SMILES string of the molecule is C=C1[C]2C=C(C(=O)O)C=C(O)C2=CC(OC)=C1OC. The number of methoxy groups -OCH3 is 2. The molecule has 19 heavy (non-hydrogen) atoms. The molecular weight excluding hydrogens is 248 g/mol. The number of carboxylic acid groups (broad SMARTS) is 1. The molecule has 0 fully saturated rings.